The fraction of sp³-hybridized carbons (Fsp3) is 0.100. The van der Waals surface area contributed by atoms with Gasteiger partial charge in [-0.25, -0.2) is 0 Å². The first-order valence-electron chi connectivity index (χ1n) is 4.19. The molecule has 0 unspecified atom stereocenters. The molecule has 72 valence electrons. The lowest BCUT2D eigenvalue weighted by atomic mass is 10.1. The van der Waals surface area contributed by atoms with Crippen molar-refractivity contribution in [3.05, 3.63) is 29.8 Å². The van der Waals surface area contributed by atoms with Crippen LogP contribution in [0.15, 0.2) is 28.7 Å². The van der Waals surface area contributed by atoms with E-state index in [0.717, 1.165) is 11.1 Å². The average molecular weight is 190 g/mol. The van der Waals surface area contributed by atoms with Crippen molar-refractivity contribution in [2.75, 3.05) is 5.73 Å². The van der Waals surface area contributed by atoms with Crippen LogP contribution in [-0.2, 0) is 0 Å². The van der Waals surface area contributed by atoms with Crippen LogP contribution in [0.5, 0.6) is 5.88 Å². The van der Waals surface area contributed by atoms with Gasteiger partial charge in [-0.2, -0.15) is 4.98 Å². The molecule has 2 rings (SSSR count). The molecule has 0 spiro atoms. The predicted octanol–water partition coefficient (Wildman–Crippen LogP) is 1.94. The third-order valence-corrected chi connectivity index (χ3v) is 1.94. The summed E-state index contributed by atoms with van der Waals surface area (Å²) in [4.78, 5) is 3.58. The Labute approximate surface area is 81.0 Å². The Kier molecular flexibility index (Phi) is 1.89. The highest BCUT2D eigenvalue weighted by atomic mass is 16.4. The first kappa shape index (κ1) is 8.62. The zero-order chi connectivity index (χ0) is 10.1. The second-order valence-corrected chi connectivity index (χ2v) is 3.07. The number of benzene rings is 1. The predicted molar refractivity (Wildman–Crippen MR) is 52.8 cm³/mol. The summed E-state index contributed by atoms with van der Waals surface area (Å²) in [6.45, 7) is 1.98. The maximum absolute atomic E-state index is 9.37. The second-order valence-electron chi connectivity index (χ2n) is 3.07. The topological polar surface area (TPSA) is 72.3 Å². The van der Waals surface area contributed by atoms with E-state index >= 15 is 0 Å². The van der Waals surface area contributed by atoms with Crippen molar-refractivity contribution in [2.45, 2.75) is 6.92 Å². The van der Waals surface area contributed by atoms with Gasteiger partial charge in [0.25, 0.3) is 11.9 Å². The number of hydrogen-bond acceptors (Lipinski definition) is 4. The molecule has 4 heteroatoms. The van der Waals surface area contributed by atoms with Gasteiger partial charge in [0.15, 0.2) is 5.76 Å². The van der Waals surface area contributed by atoms with E-state index in [-0.39, 0.29) is 11.9 Å². The van der Waals surface area contributed by atoms with Crippen LogP contribution in [-0.4, -0.2) is 10.1 Å². The molecule has 1 aromatic heterocycles. The highest BCUT2D eigenvalue weighted by Crippen LogP contribution is 2.30. The summed E-state index contributed by atoms with van der Waals surface area (Å²) in [5, 5.41) is 9.37. The van der Waals surface area contributed by atoms with E-state index in [2.05, 4.69) is 4.98 Å². The molecule has 0 fully saturated rings. The molecule has 0 saturated heterocycles. The Bertz CT molecular complexity index is 446. The normalized spacial score (nSPS) is 10.4. The van der Waals surface area contributed by atoms with Crippen molar-refractivity contribution in [3.63, 3.8) is 0 Å². The van der Waals surface area contributed by atoms with Gasteiger partial charge >= 0.3 is 0 Å². The maximum atomic E-state index is 9.37. The molecule has 0 saturated carbocycles. The standard InChI is InChI=1S/C10H10N2O2/c1-6-2-4-7(5-3-6)8-9(13)12-10(11)14-8/h2-5,13H,1H3,(H2,11,12). The van der Waals surface area contributed by atoms with E-state index in [9.17, 15) is 5.11 Å². The molecule has 1 heterocycles. The molecule has 4 nitrogen and oxygen atoms in total. The zero-order valence-corrected chi connectivity index (χ0v) is 7.69. The largest absolute Gasteiger partial charge is 0.490 e. The molecule has 0 radical (unpaired) electrons. The third kappa shape index (κ3) is 1.42. The number of aryl methyl sites for hydroxylation is 1. The van der Waals surface area contributed by atoms with Gasteiger partial charge in [0.1, 0.15) is 0 Å². The smallest absolute Gasteiger partial charge is 0.295 e. The van der Waals surface area contributed by atoms with Crippen LogP contribution in [0.4, 0.5) is 6.01 Å². The quantitative estimate of drug-likeness (QED) is 0.720. The number of nitrogens with zero attached hydrogens (tertiary/aromatic N) is 1. The number of nitrogens with two attached hydrogens (primary N) is 1. The summed E-state index contributed by atoms with van der Waals surface area (Å²) in [6, 6.07) is 7.50. The fourth-order valence-corrected chi connectivity index (χ4v) is 1.22. The van der Waals surface area contributed by atoms with E-state index in [0.29, 0.717) is 5.76 Å². The summed E-state index contributed by atoms with van der Waals surface area (Å²) in [5.74, 6) is 0.133. The van der Waals surface area contributed by atoms with Gasteiger partial charge in [-0.15, -0.1) is 0 Å². The minimum Gasteiger partial charge on any atom is -0.490 e. The molecule has 0 aliphatic heterocycles. The third-order valence-electron chi connectivity index (χ3n) is 1.94. The van der Waals surface area contributed by atoms with Crippen LogP contribution >= 0.6 is 0 Å². The van der Waals surface area contributed by atoms with Gasteiger partial charge in [0.05, 0.1) is 0 Å². The summed E-state index contributed by atoms with van der Waals surface area (Å²) < 4.78 is 5.06. The van der Waals surface area contributed by atoms with Crippen molar-refractivity contribution in [1.82, 2.24) is 4.98 Å². The van der Waals surface area contributed by atoms with Gasteiger partial charge in [-0.05, 0) is 6.92 Å². The number of aromatic nitrogens is 1. The van der Waals surface area contributed by atoms with Gasteiger partial charge in [0.2, 0.25) is 0 Å². The lowest BCUT2D eigenvalue weighted by molar-refractivity contribution is 0.453. The SMILES string of the molecule is Cc1ccc(-c2oc(N)nc2O)cc1. The number of rotatable bonds is 1. The maximum Gasteiger partial charge on any atom is 0.295 e. The lowest BCUT2D eigenvalue weighted by Crippen LogP contribution is -1.80. The number of aromatic hydroxyl groups is 1. The van der Waals surface area contributed by atoms with Gasteiger partial charge < -0.3 is 15.3 Å². The van der Waals surface area contributed by atoms with Crippen LogP contribution in [0.2, 0.25) is 0 Å². The van der Waals surface area contributed by atoms with E-state index < -0.39 is 0 Å². The molecule has 3 N–H and O–H groups in total. The highest BCUT2D eigenvalue weighted by Gasteiger charge is 2.11. The summed E-state index contributed by atoms with van der Waals surface area (Å²) >= 11 is 0. The molecule has 14 heavy (non-hydrogen) atoms. The first-order valence-corrected chi connectivity index (χ1v) is 4.19. The van der Waals surface area contributed by atoms with Crippen LogP contribution in [0.3, 0.4) is 0 Å². The summed E-state index contributed by atoms with van der Waals surface area (Å²) in [5.41, 5.74) is 7.21. The van der Waals surface area contributed by atoms with Gasteiger partial charge in [-0.3, -0.25) is 0 Å². The highest BCUT2D eigenvalue weighted by molar-refractivity contribution is 5.63. The molecule has 0 amide bonds. The monoisotopic (exact) mass is 190 g/mol. The van der Waals surface area contributed by atoms with Crippen molar-refractivity contribution < 1.29 is 9.52 Å². The van der Waals surface area contributed by atoms with Crippen molar-refractivity contribution in [3.8, 4) is 17.2 Å². The van der Waals surface area contributed by atoms with E-state index in [1.54, 1.807) is 0 Å². The zero-order valence-electron chi connectivity index (χ0n) is 7.69. The van der Waals surface area contributed by atoms with Gasteiger partial charge in [0, 0.05) is 5.56 Å². The Hall–Kier alpha value is -1.97. The average Bonchev–Trinajstić information content (AvgIpc) is 2.47. The van der Waals surface area contributed by atoms with Crippen molar-refractivity contribution in [1.29, 1.82) is 0 Å². The second kappa shape index (κ2) is 3.06. The molecule has 0 bridgehead atoms. The van der Waals surface area contributed by atoms with Crippen LogP contribution in [0, 0.1) is 6.92 Å². The molecular formula is C10H10N2O2. The molecule has 1 aromatic carbocycles. The number of anilines is 1. The summed E-state index contributed by atoms with van der Waals surface area (Å²) in [6.07, 6.45) is 0. The van der Waals surface area contributed by atoms with Gasteiger partial charge in [-0.1, -0.05) is 29.8 Å². The molecule has 2 aromatic rings. The van der Waals surface area contributed by atoms with Crippen molar-refractivity contribution >= 4 is 6.01 Å². The molecule has 0 atom stereocenters. The summed E-state index contributed by atoms with van der Waals surface area (Å²) in [7, 11) is 0. The Morgan fingerprint density at radius 2 is 1.93 bits per heavy atom. The Morgan fingerprint density at radius 1 is 1.29 bits per heavy atom. The number of nitrogen functional groups attached to an aromatic ring is 1. The molecular weight excluding hydrogens is 180 g/mol. The first-order chi connectivity index (χ1) is 6.66. The van der Waals surface area contributed by atoms with E-state index in [1.807, 2.05) is 31.2 Å². The lowest BCUT2D eigenvalue weighted by Gasteiger charge is -1.96. The minimum atomic E-state index is -0.175. The van der Waals surface area contributed by atoms with Crippen molar-refractivity contribution in [2.24, 2.45) is 0 Å². The Balaban J connectivity index is 2.49. The van der Waals surface area contributed by atoms with Crippen LogP contribution in [0.25, 0.3) is 11.3 Å². The molecule has 0 aliphatic carbocycles. The number of hydrogen-bond donors (Lipinski definition) is 2. The Morgan fingerprint density at radius 3 is 2.43 bits per heavy atom. The molecule has 0 aliphatic rings. The minimum absolute atomic E-state index is 0.0296. The van der Waals surface area contributed by atoms with Crippen LogP contribution < -0.4 is 5.73 Å². The van der Waals surface area contributed by atoms with E-state index in [1.165, 1.54) is 0 Å². The number of oxazole rings is 1. The fourth-order valence-electron chi connectivity index (χ4n) is 1.22. The van der Waals surface area contributed by atoms with E-state index in [4.69, 9.17) is 10.2 Å². The van der Waals surface area contributed by atoms with Crippen LogP contribution in [0.1, 0.15) is 5.56 Å².